The molecule has 0 radical (unpaired) electrons. The van der Waals surface area contributed by atoms with Gasteiger partial charge in [0.25, 0.3) is 0 Å². The number of nitrogens with two attached hydrogens (primary N) is 1. The number of hydrogen-bond donors (Lipinski definition) is 2. The number of nitrogens with zero attached hydrogens (tertiary/aromatic N) is 1. The molecule has 1 aliphatic rings. The van der Waals surface area contributed by atoms with E-state index in [0.29, 0.717) is 11.4 Å². The van der Waals surface area contributed by atoms with Gasteiger partial charge in [-0.3, -0.25) is 0 Å². The molecule has 1 aromatic carbocycles. The van der Waals surface area contributed by atoms with E-state index in [-0.39, 0.29) is 11.2 Å². The lowest BCUT2D eigenvalue weighted by molar-refractivity contribution is 0.0247. The fourth-order valence-electron chi connectivity index (χ4n) is 2.23. The van der Waals surface area contributed by atoms with Crippen LogP contribution in [0.25, 0.3) is 0 Å². The van der Waals surface area contributed by atoms with Crippen LogP contribution in [0.15, 0.2) is 18.2 Å². The number of anilines is 1. The van der Waals surface area contributed by atoms with Crippen molar-refractivity contribution in [1.29, 1.82) is 0 Å². The number of carboxylic acid groups (broad SMARTS) is 1. The van der Waals surface area contributed by atoms with Gasteiger partial charge < -0.3 is 20.5 Å². The molecule has 1 heterocycles. The maximum atomic E-state index is 10.9. The molecule has 0 saturated carbocycles. The Morgan fingerprint density at radius 3 is 2.58 bits per heavy atom. The van der Waals surface area contributed by atoms with Crippen LogP contribution in [0.1, 0.15) is 30.1 Å². The average Bonchev–Trinajstić information content (AvgIpc) is 2.36. The number of piperidine rings is 1. The summed E-state index contributed by atoms with van der Waals surface area (Å²) >= 11 is 0. The lowest BCUT2D eigenvalue weighted by atomic mass is 9.93. The molecule has 0 spiro atoms. The summed E-state index contributed by atoms with van der Waals surface area (Å²) in [4.78, 5) is 13.1. The second-order valence-corrected chi connectivity index (χ2v) is 5.41. The van der Waals surface area contributed by atoms with E-state index in [2.05, 4.69) is 18.9 Å². The van der Waals surface area contributed by atoms with Crippen molar-refractivity contribution in [3.8, 4) is 5.75 Å². The number of benzene rings is 1. The fourth-order valence-corrected chi connectivity index (χ4v) is 2.23. The Labute approximate surface area is 113 Å². The van der Waals surface area contributed by atoms with Gasteiger partial charge in [-0.2, -0.15) is 0 Å². The third-order valence-electron chi connectivity index (χ3n) is 3.66. The lowest BCUT2D eigenvalue weighted by Crippen LogP contribution is -2.44. The van der Waals surface area contributed by atoms with Crippen molar-refractivity contribution in [2.45, 2.75) is 25.4 Å². The Morgan fingerprint density at radius 2 is 2.05 bits per heavy atom. The average molecular weight is 264 g/mol. The molecule has 104 valence electrons. The van der Waals surface area contributed by atoms with Crippen LogP contribution in [0.4, 0.5) is 5.69 Å². The number of carbonyl (C=O) groups is 1. The van der Waals surface area contributed by atoms with Crippen LogP contribution in [0.3, 0.4) is 0 Å². The molecule has 0 amide bonds. The van der Waals surface area contributed by atoms with Crippen LogP contribution >= 0.6 is 0 Å². The second kappa shape index (κ2) is 5.09. The van der Waals surface area contributed by atoms with Gasteiger partial charge >= 0.3 is 5.97 Å². The Balaban J connectivity index is 2.13. The summed E-state index contributed by atoms with van der Waals surface area (Å²) in [6.45, 7) is 4.05. The summed E-state index contributed by atoms with van der Waals surface area (Å²) in [5.41, 5.74) is 6.19. The SMILES string of the molecule is CN1CCC(C)(Oc2ccc(C(=O)O)cc2N)CC1. The van der Waals surface area contributed by atoms with E-state index >= 15 is 0 Å². The van der Waals surface area contributed by atoms with Crippen molar-refractivity contribution < 1.29 is 14.6 Å². The molecule has 0 unspecified atom stereocenters. The normalized spacial score (nSPS) is 19.1. The molecule has 0 bridgehead atoms. The summed E-state index contributed by atoms with van der Waals surface area (Å²) in [5.74, 6) is -0.416. The molecule has 2 rings (SSSR count). The van der Waals surface area contributed by atoms with Crippen LogP contribution in [0.5, 0.6) is 5.75 Å². The van der Waals surface area contributed by atoms with Crippen molar-refractivity contribution in [2.75, 3.05) is 25.9 Å². The first-order valence-corrected chi connectivity index (χ1v) is 6.40. The van der Waals surface area contributed by atoms with Crippen molar-refractivity contribution >= 4 is 11.7 Å². The highest BCUT2D eigenvalue weighted by molar-refractivity contribution is 5.89. The first-order valence-electron chi connectivity index (χ1n) is 6.40. The molecule has 1 saturated heterocycles. The molecule has 0 aromatic heterocycles. The van der Waals surface area contributed by atoms with Crippen molar-refractivity contribution in [2.24, 2.45) is 0 Å². The zero-order valence-corrected chi connectivity index (χ0v) is 11.3. The van der Waals surface area contributed by atoms with E-state index in [0.717, 1.165) is 25.9 Å². The monoisotopic (exact) mass is 264 g/mol. The highest BCUT2D eigenvalue weighted by Crippen LogP contribution is 2.31. The van der Waals surface area contributed by atoms with Gasteiger partial charge in [0.15, 0.2) is 0 Å². The minimum Gasteiger partial charge on any atom is -0.485 e. The Morgan fingerprint density at radius 1 is 1.42 bits per heavy atom. The van der Waals surface area contributed by atoms with E-state index < -0.39 is 5.97 Å². The molecule has 0 aliphatic carbocycles. The zero-order chi connectivity index (χ0) is 14.0. The minimum absolute atomic E-state index is 0.179. The van der Waals surface area contributed by atoms with Gasteiger partial charge in [-0.1, -0.05) is 0 Å². The second-order valence-electron chi connectivity index (χ2n) is 5.41. The summed E-state index contributed by atoms with van der Waals surface area (Å²) < 4.78 is 6.01. The molecule has 1 aromatic rings. The molecule has 0 atom stereocenters. The molecule has 5 heteroatoms. The Bertz CT molecular complexity index is 480. The van der Waals surface area contributed by atoms with Crippen molar-refractivity contribution in [1.82, 2.24) is 4.90 Å². The quantitative estimate of drug-likeness (QED) is 0.815. The highest BCUT2D eigenvalue weighted by atomic mass is 16.5. The van der Waals surface area contributed by atoms with Crippen LogP contribution in [-0.2, 0) is 0 Å². The van der Waals surface area contributed by atoms with E-state index in [1.807, 2.05) is 0 Å². The number of rotatable bonds is 3. The molecule has 19 heavy (non-hydrogen) atoms. The molecular formula is C14H20N2O3. The first kappa shape index (κ1) is 13.7. The van der Waals surface area contributed by atoms with Gasteiger partial charge in [-0.15, -0.1) is 0 Å². The Kier molecular flexibility index (Phi) is 3.66. The number of hydrogen-bond acceptors (Lipinski definition) is 4. The van der Waals surface area contributed by atoms with E-state index in [1.165, 1.54) is 12.1 Å². The molecular weight excluding hydrogens is 244 g/mol. The largest absolute Gasteiger partial charge is 0.485 e. The number of likely N-dealkylation sites (tertiary alicyclic amines) is 1. The van der Waals surface area contributed by atoms with Gasteiger partial charge in [0.2, 0.25) is 0 Å². The van der Waals surface area contributed by atoms with E-state index in [1.54, 1.807) is 6.07 Å². The van der Waals surface area contributed by atoms with Gasteiger partial charge in [0.1, 0.15) is 11.4 Å². The van der Waals surface area contributed by atoms with Crippen molar-refractivity contribution in [3.05, 3.63) is 23.8 Å². The molecule has 3 N–H and O–H groups in total. The number of aromatic carboxylic acids is 1. The summed E-state index contributed by atoms with van der Waals surface area (Å²) in [7, 11) is 2.09. The van der Waals surface area contributed by atoms with Crippen LogP contribution in [-0.4, -0.2) is 41.7 Å². The fraction of sp³-hybridized carbons (Fsp3) is 0.500. The number of carboxylic acids is 1. The maximum Gasteiger partial charge on any atom is 0.335 e. The van der Waals surface area contributed by atoms with Gasteiger partial charge in [0, 0.05) is 13.1 Å². The summed E-state index contributed by atoms with van der Waals surface area (Å²) in [6.07, 6.45) is 1.87. The van der Waals surface area contributed by atoms with E-state index in [4.69, 9.17) is 15.6 Å². The molecule has 1 fully saturated rings. The summed E-state index contributed by atoms with van der Waals surface area (Å²) in [6, 6.07) is 4.60. The predicted octanol–water partition coefficient (Wildman–Crippen LogP) is 1.83. The molecule has 1 aliphatic heterocycles. The van der Waals surface area contributed by atoms with Crippen molar-refractivity contribution in [3.63, 3.8) is 0 Å². The standard InChI is InChI=1S/C14H20N2O3/c1-14(5-7-16(2)8-6-14)19-12-4-3-10(13(17)18)9-11(12)15/h3-4,9H,5-8,15H2,1-2H3,(H,17,18). The third-order valence-corrected chi connectivity index (χ3v) is 3.66. The highest BCUT2D eigenvalue weighted by Gasteiger charge is 2.31. The smallest absolute Gasteiger partial charge is 0.335 e. The van der Waals surface area contributed by atoms with Gasteiger partial charge in [0.05, 0.1) is 11.3 Å². The third kappa shape index (κ3) is 3.17. The zero-order valence-electron chi connectivity index (χ0n) is 11.3. The first-order chi connectivity index (χ1) is 8.89. The van der Waals surface area contributed by atoms with E-state index in [9.17, 15) is 4.79 Å². The molecule has 5 nitrogen and oxygen atoms in total. The minimum atomic E-state index is -0.983. The van der Waals surface area contributed by atoms with Crippen LogP contribution < -0.4 is 10.5 Å². The van der Waals surface area contributed by atoms with Crippen LogP contribution in [0, 0.1) is 0 Å². The van der Waals surface area contributed by atoms with Gasteiger partial charge in [-0.05, 0) is 45.0 Å². The van der Waals surface area contributed by atoms with Gasteiger partial charge in [-0.25, -0.2) is 4.79 Å². The number of ether oxygens (including phenoxy) is 1. The predicted molar refractivity (Wildman–Crippen MR) is 73.6 cm³/mol. The topological polar surface area (TPSA) is 75.8 Å². The lowest BCUT2D eigenvalue weighted by Gasteiger charge is -2.38. The number of nitrogen functional groups attached to an aromatic ring is 1. The summed E-state index contributed by atoms with van der Waals surface area (Å²) in [5, 5.41) is 8.90. The van der Waals surface area contributed by atoms with Crippen LogP contribution in [0.2, 0.25) is 0 Å². The maximum absolute atomic E-state index is 10.9. The Hall–Kier alpha value is -1.75.